The quantitative estimate of drug-likeness (QED) is 0.858. The van der Waals surface area contributed by atoms with Crippen molar-refractivity contribution in [3.05, 3.63) is 30.5 Å². The molecule has 0 atom stereocenters. The fraction of sp³-hybridized carbons (Fsp3) is 0.474. The van der Waals surface area contributed by atoms with Crippen LogP contribution in [0.15, 0.2) is 30.5 Å². The summed E-state index contributed by atoms with van der Waals surface area (Å²) in [5, 5.41) is 3.22. The summed E-state index contributed by atoms with van der Waals surface area (Å²) < 4.78 is 22.3. The zero-order valence-electron chi connectivity index (χ0n) is 15.6. The Kier molecular flexibility index (Phi) is 5.00. The van der Waals surface area contributed by atoms with Crippen molar-refractivity contribution in [3.8, 4) is 11.5 Å². The molecule has 0 aliphatic carbocycles. The Morgan fingerprint density at radius 3 is 2.56 bits per heavy atom. The molecule has 3 heterocycles. The molecule has 0 amide bonds. The Labute approximate surface area is 158 Å². The van der Waals surface area contributed by atoms with Crippen LogP contribution >= 0.6 is 0 Å². The zero-order valence-corrected chi connectivity index (χ0v) is 15.6. The number of piperidine rings is 1. The molecular weight excluding hydrogens is 348 g/mol. The van der Waals surface area contributed by atoms with Crippen LogP contribution in [0.3, 0.4) is 0 Å². The van der Waals surface area contributed by atoms with Crippen LogP contribution in [-0.2, 0) is 9.47 Å². The number of rotatable bonds is 5. The highest BCUT2D eigenvalue weighted by atomic mass is 16.7. The molecule has 1 aromatic carbocycles. The predicted molar refractivity (Wildman–Crippen MR) is 101 cm³/mol. The van der Waals surface area contributed by atoms with Crippen LogP contribution in [0.5, 0.6) is 11.5 Å². The highest BCUT2D eigenvalue weighted by Crippen LogP contribution is 2.34. The second-order valence-corrected chi connectivity index (χ2v) is 6.52. The van der Waals surface area contributed by atoms with E-state index in [2.05, 4.69) is 20.2 Å². The van der Waals surface area contributed by atoms with E-state index in [0.717, 1.165) is 43.2 Å². The Hall–Kier alpha value is -2.58. The molecule has 0 unspecified atom stereocenters. The van der Waals surface area contributed by atoms with Gasteiger partial charge in [0, 0.05) is 38.2 Å². The normalized spacial score (nSPS) is 18.5. The van der Waals surface area contributed by atoms with Gasteiger partial charge in [0.1, 0.15) is 17.3 Å². The number of anilines is 3. The number of benzene rings is 1. The van der Waals surface area contributed by atoms with Gasteiger partial charge in [-0.05, 0) is 18.2 Å². The van der Waals surface area contributed by atoms with Gasteiger partial charge in [0.05, 0.1) is 33.1 Å². The van der Waals surface area contributed by atoms with Gasteiger partial charge < -0.3 is 29.2 Å². The summed E-state index contributed by atoms with van der Waals surface area (Å²) in [4.78, 5) is 11.2. The maximum atomic E-state index is 5.80. The minimum absolute atomic E-state index is 0.390. The lowest BCUT2D eigenvalue weighted by Gasteiger charge is -2.38. The van der Waals surface area contributed by atoms with Crippen molar-refractivity contribution in [1.29, 1.82) is 0 Å². The number of nitrogens with zero attached hydrogens (tertiary/aromatic N) is 3. The molecule has 2 aliphatic heterocycles. The topological polar surface area (TPSA) is 78.0 Å². The van der Waals surface area contributed by atoms with Crippen molar-refractivity contribution in [3.63, 3.8) is 0 Å². The Bertz CT molecular complexity index is 785. The van der Waals surface area contributed by atoms with Crippen LogP contribution in [0, 0.1) is 0 Å². The van der Waals surface area contributed by atoms with Gasteiger partial charge in [-0.2, -0.15) is 4.98 Å². The number of hydrogen-bond donors (Lipinski definition) is 1. The summed E-state index contributed by atoms with van der Waals surface area (Å²) in [7, 11) is 3.25. The monoisotopic (exact) mass is 372 g/mol. The van der Waals surface area contributed by atoms with E-state index in [1.807, 2.05) is 24.3 Å². The van der Waals surface area contributed by atoms with E-state index in [0.29, 0.717) is 24.9 Å². The summed E-state index contributed by atoms with van der Waals surface area (Å²) >= 11 is 0. The lowest BCUT2D eigenvalue weighted by molar-refractivity contribution is -0.169. The number of nitrogens with one attached hydrogen (secondary N) is 1. The average molecular weight is 372 g/mol. The van der Waals surface area contributed by atoms with E-state index in [1.165, 1.54) is 0 Å². The van der Waals surface area contributed by atoms with Gasteiger partial charge in [0.2, 0.25) is 5.95 Å². The Balaban J connectivity index is 1.48. The van der Waals surface area contributed by atoms with Crippen LogP contribution in [0.4, 0.5) is 17.5 Å². The van der Waals surface area contributed by atoms with Crippen molar-refractivity contribution in [2.45, 2.75) is 18.6 Å². The first kappa shape index (κ1) is 17.8. The first-order chi connectivity index (χ1) is 13.2. The first-order valence-corrected chi connectivity index (χ1v) is 9.06. The third-order valence-electron chi connectivity index (χ3n) is 4.96. The Morgan fingerprint density at radius 2 is 1.85 bits per heavy atom. The fourth-order valence-electron chi connectivity index (χ4n) is 3.48. The van der Waals surface area contributed by atoms with Gasteiger partial charge in [-0.3, -0.25) is 0 Å². The molecule has 144 valence electrons. The fourth-order valence-corrected chi connectivity index (χ4v) is 3.48. The maximum Gasteiger partial charge on any atom is 0.229 e. The van der Waals surface area contributed by atoms with Gasteiger partial charge >= 0.3 is 0 Å². The van der Waals surface area contributed by atoms with Gasteiger partial charge in [-0.1, -0.05) is 0 Å². The summed E-state index contributed by atoms with van der Waals surface area (Å²) in [6.07, 6.45) is 3.43. The third-order valence-corrected chi connectivity index (χ3v) is 4.96. The third kappa shape index (κ3) is 3.77. The van der Waals surface area contributed by atoms with Gasteiger partial charge in [0.25, 0.3) is 0 Å². The van der Waals surface area contributed by atoms with E-state index in [-0.39, 0.29) is 0 Å². The molecule has 0 bridgehead atoms. The predicted octanol–water partition coefficient (Wildman–Crippen LogP) is 2.58. The SMILES string of the molecule is COc1ccc(OC)c(Nc2nccc(N3CCC4(CC3)OCCO4)n2)c1. The summed E-state index contributed by atoms with van der Waals surface area (Å²) in [6, 6.07) is 7.46. The molecule has 0 radical (unpaired) electrons. The molecule has 4 rings (SSSR count). The van der Waals surface area contributed by atoms with Crippen molar-refractivity contribution in [2.24, 2.45) is 0 Å². The molecule has 27 heavy (non-hydrogen) atoms. The highest BCUT2D eigenvalue weighted by Gasteiger charge is 2.40. The zero-order chi connectivity index (χ0) is 18.7. The minimum atomic E-state index is -0.390. The molecule has 2 saturated heterocycles. The molecule has 2 fully saturated rings. The number of hydrogen-bond acceptors (Lipinski definition) is 8. The standard InChI is InChI=1S/C19H24N4O4/c1-24-14-3-4-16(25-2)15(13-14)21-18-20-8-5-17(22-18)23-9-6-19(7-10-23)26-11-12-27-19/h3-5,8,13H,6-7,9-12H2,1-2H3,(H,20,21,22). The molecule has 2 aliphatic rings. The Morgan fingerprint density at radius 1 is 1.07 bits per heavy atom. The molecule has 1 spiro atoms. The van der Waals surface area contributed by atoms with Crippen molar-refractivity contribution in [1.82, 2.24) is 9.97 Å². The lowest BCUT2D eigenvalue weighted by Crippen LogP contribution is -2.45. The molecule has 1 aromatic heterocycles. The van der Waals surface area contributed by atoms with E-state index >= 15 is 0 Å². The molecule has 8 nitrogen and oxygen atoms in total. The second kappa shape index (κ2) is 7.58. The lowest BCUT2D eigenvalue weighted by atomic mass is 10.0. The van der Waals surface area contributed by atoms with Crippen molar-refractivity contribution in [2.75, 3.05) is 50.7 Å². The van der Waals surface area contributed by atoms with Crippen molar-refractivity contribution >= 4 is 17.5 Å². The van der Waals surface area contributed by atoms with E-state index in [4.69, 9.17) is 18.9 Å². The minimum Gasteiger partial charge on any atom is -0.497 e. The van der Waals surface area contributed by atoms with Crippen LogP contribution in [0.1, 0.15) is 12.8 Å². The van der Waals surface area contributed by atoms with E-state index < -0.39 is 5.79 Å². The van der Waals surface area contributed by atoms with Gasteiger partial charge in [-0.25, -0.2) is 4.98 Å². The summed E-state index contributed by atoms with van der Waals surface area (Å²) in [5.41, 5.74) is 0.749. The number of ether oxygens (including phenoxy) is 4. The van der Waals surface area contributed by atoms with E-state index in [9.17, 15) is 0 Å². The summed E-state index contributed by atoms with van der Waals surface area (Å²) in [6.45, 7) is 3.03. The van der Waals surface area contributed by atoms with Gasteiger partial charge in [-0.15, -0.1) is 0 Å². The van der Waals surface area contributed by atoms with Gasteiger partial charge in [0.15, 0.2) is 5.79 Å². The number of methoxy groups -OCH3 is 2. The van der Waals surface area contributed by atoms with Crippen LogP contribution < -0.4 is 19.7 Å². The first-order valence-electron chi connectivity index (χ1n) is 9.06. The molecular formula is C19H24N4O4. The highest BCUT2D eigenvalue weighted by molar-refractivity contribution is 5.65. The van der Waals surface area contributed by atoms with Crippen molar-refractivity contribution < 1.29 is 18.9 Å². The van der Waals surface area contributed by atoms with E-state index in [1.54, 1.807) is 20.4 Å². The molecule has 1 N–H and O–H groups in total. The van der Waals surface area contributed by atoms with Crippen LogP contribution in [0.2, 0.25) is 0 Å². The number of aromatic nitrogens is 2. The molecule has 0 saturated carbocycles. The second-order valence-electron chi connectivity index (χ2n) is 6.52. The van der Waals surface area contributed by atoms with Crippen LogP contribution in [-0.4, -0.2) is 56.3 Å². The molecule has 8 heteroatoms. The van der Waals surface area contributed by atoms with Crippen LogP contribution in [0.25, 0.3) is 0 Å². The average Bonchev–Trinajstić information content (AvgIpc) is 3.16. The largest absolute Gasteiger partial charge is 0.497 e. The maximum absolute atomic E-state index is 5.80. The summed E-state index contributed by atoms with van der Waals surface area (Å²) in [5.74, 6) is 2.42. The smallest absolute Gasteiger partial charge is 0.229 e. The molecule has 2 aromatic rings.